The van der Waals surface area contributed by atoms with Crippen molar-refractivity contribution in [1.29, 1.82) is 0 Å². The molecule has 0 atom stereocenters. The second kappa shape index (κ2) is 6.80. The summed E-state index contributed by atoms with van der Waals surface area (Å²) in [6.45, 7) is 3.90. The molecule has 0 saturated heterocycles. The van der Waals surface area contributed by atoms with Crippen molar-refractivity contribution in [2.45, 2.75) is 20.3 Å². The fraction of sp³-hybridized carbons (Fsp3) is 0.167. The smallest absolute Gasteiger partial charge is 0.269 e. The Morgan fingerprint density at radius 1 is 1.00 bits per heavy atom. The average molecular weight is 295 g/mol. The highest BCUT2D eigenvalue weighted by Crippen LogP contribution is 2.26. The van der Waals surface area contributed by atoms with Gasteiger partial charge in [0.25, 0.3) is 5.69 Å². The maximum Gasteiger partial charge on any atom is 0.269 e. The van der Waals surface area contributed by atoms with Crippen LogP contribution in [0.4, 0.5) is 5.69 Å². The molecule has 0 aromatic heterocycles. The summed E-state index contributed by atoms with van der Waals surface area (Å²) in [4.78, 5) is 23.1. The van der Waals surface area contributed by atoms with Crippen molar-refractivity contribution in [1.82, 2.24) is 0 Å². The summed E-state index contributed by atoms with van der Waals surface area (Å²) >= 11 is 0. The van der Waals surface area contributed by atoms with Crippen LogP contribution in [0.3, 0.4) is 0 Å². The lowest BCUT2D eigenvalue weighted by atomic mass is 9.92. The van der Waals surface area contributed by atoms with E-state index in [1.807, 2.05) is 32.0 Å². The van der Waals surface area contributed by atoms with E-state index in [0.717, 1.165) is 12.0 Å². The Bertz CT molecular complexity index is 716. The minimum atomic E-state index is -0.446. The zero-order valence-corrected chi connectivity index (χ0v) is 12.6. The van der Waals surface area contributed by atoms with E-state index in [9.17, 15) is 14.9 Å². The van der Waals surface area contributed by atoms with E-state index in [-0.39, 0.29) is 11.5 Å². The summed E-state index contributed by atoms with van der Waals surface area (Å²) in [5, 5.41) is 10.8. The SMILES string of the molecule is CC/C(C)=C(/C(=O)c1ccccc1)c1ccc([N+](=O)[O-])cc1. The van der Waals surface area contributed by atoms with Gasteiger partial charge in [0.05, 0.1) is 4.92 Å². The molecule has 0 unspecified atom stereocenters. The highest BCUT2D eigenvalue weighted by molar-refractivity contribution is 6.29. The first-order chi connectivity index (χ1) is 10.5. The molecule has 0 saturated carbocycles. The first-order valence-corrected chi connectivity index (χ1v) is 7.09. The molecule has 0 aliphatic rings. The Morgan fingerprint density at radius 2 is 1.59 bits per heavy atom. The zero-order valence-electron chi connectivity index (χ0n) is 12.6. The van der Waals surface area contributed by atoms with Gasteiger partial charge in [-0.1, -0.05) is 42.8 Å². The van der Waals surface area contributed by atoms with Crippen LogP contribution in [0, 0.1) is 10.1 Å². The maximum absolute atomic E-state index is 12.8. The van der Waals surface area contributed by atoms with Crippen LogP contribution in [0.25, 0.3) is 5.57 Å². The van der Waals surface area contributed by atoms with Gasteiger partial charge >= 0.3 is 0 Å². The summed E-state index contributed by atoms with van der Waals surface area (Å²) in [5.74, 6) is -0.0613. The Labute approximate surface area is 129 Å². The van der Waals surface area contributed by atoms with Crippen LogP contribution in [0.15, 0.2) is 60.2 Å². The number of allylic oxidation sites excluding steroid dienone is 2. The normalized spacial score (nSPS) is 11.7. The standard InChI is InChI=1S/C18H17NO3/c1-3-13(2)17(18(20)15-7-5-4-6-8-15)14-9-11-16(12-10-14)19(21)22/h4-12H,3H2,1-2H3/b17-13+. The molecule has 112 valence electrons. The van der Waals surface area contributed by atoms with Gasteiger partial charge in [-0.2, -0.15) is 0 Å². The number of non-ortho nitro benzene ring substituents is 1. The molecular weight excluding hydrogens is 278 g/mol. The Morgan fingerprint density at radius 3 is 2.09 bits per heavy atom. The van der Waals surface area contributed by atoms with Crippen LogP contribution in [-0.2, 0) is 0 Å². The second-order valence-electron chi connectivity index (χ2n) is 5.01. The van der Waals surface area contributed by atoms with Gasteiger partial charge in [0.1, 0.15) is 0 Å². The van der Waals surface area contributed by atoms with Crippen molar-refractivity contribution in [2.24, 2.45) is 0 Å². The third kappa shape index (κ3) is 3.28. The van der Waals surface area contributed by atoms with Crippen LogP contribution in [0.1, 0.15) is 36.2 Å². The molecular formula is C18H17NO3. The largest absolute Gasteiger partial charge is 0.289 e. The minimum absolute atomic E-state index is 0.0180. The first kappa shape index (κ1) is 15.6. The van der Waals surface area contributed by atoms with Crippen LogP contribution in [0.5, 0.6) is 0 Å². The van der Waals surface area contributed by atoms with Crippen LogP contribution >= 0.6 is 0 Å². The number of carbonyl (C=O) groups is 1. The minimum Gasteiger partial charge on any atom is -0.289 e. The van der Waals surface area contributed by atoms with Gasteiger partial charge in [0.2, 0.25) is 0 Å². The van der Waals surface area contributed by atoms with Crippen molar-refractivity contribution < 1.29 is 9.72 Å². The summed E-state index contributed by atoms with van der Waals surface area (Å²) in [6, 6.07) is 15.2. The highest BCUT2D eigenvalue weighted by Gasteiger charge is 2.17. The summed E-state index contributed by atoms with van der Waals surface area (Å²) in [6.07, 6.45) is 0.741. The predicted octanol–water partition coefficient (Wildman–Crippen LogP) is 4.66. The molecule has 0 amide bonds. The quantitative estimate of drug-likeness (QED) is 0.349. The fourth-order valence-electron chi connectivity index (χ4n) is 2.23. The lowest BCUT2D eigenvalue weighted by Crippen LogP contribution is -2.05. The molecule has 4 nitrogen and oxygen atoms in total. The number of hydrogen-bond donors (Lipinski definition) is 0. The Hall–Kier alpha value is -2.75. The van der Waals surface area contributed by atoms with Crippen LogP contribution in [0.2, 0.25) is 0 Å². The molecule has 0 radical (unpaired) electrons. The van der Waals surface area contributed by atoms with Gasteiger partial charge in [-0.15, -0.1) is 0 Å². The van der Waals surface area contributed by atoms with Crippen LogP contribution in [-0.4, -0.2) is 10.7 Å². The van der Waals surface area contributed by atoms with Gasteiger partial charge in [-0.05, 0) is 31.0 Å². The number of Topliss-reactive ketones (excluding diaryl/α,β-unsaturated/α-hetero) is 1. The molecule has 2 aromatic carbocycles. The van der Waals surface area contributed by atoms with E-state index in [1.54, 1.807) is 24.3 Å². The van der Waals surface area contributed by atoms with Crippen molar-refractivity contribution in [3.63, 3.8) is 0 Å². The number of nitro groups is 1. The van der Waals surface area contributed by atoms with Gasteiger partial charge in [-0.25, -0.2) is 0 Å². The third-order valence-electron chi connectivity index (χ3n) is 3.59. The molecule has 22 heavy (non-hydrogen) atoms. The van der Waals surface area contributed by atoms with Crippen molar-refractivity contribution >= 4 is 17.0 Å². The number of hydrogen-bond acceptors (Lipinski definition) is 3. The Balaban J connectivity index is 2.48. The second-order valence-corrected chi connectivity index (χ2v) is 5.01. The molecule has 0 fully saturated rings. The molecule has 2 rings (SSSR count). The van der Waals surface area contributed by atoms with Gasteiger partial charge < -0.3 is 0 Å². The Kier molecular flexibility index (Phi) is 4.84. The molecule has 4 heteroatoms. The van der Waals surface area contributed by atoms with Crippen molar-refractivity contribution in [3.05, 3.63) is 81.4 Å². The van der Waals surface area contributed by atoms with E-state index < -0.39 is 4.92 Å². The number of carbonyl (C=O) groups excluding carboxylic acids is 1. The topological polar surface area (TPSA) is 60.2 Å². The predicted molar refractivity (Wildman–Crippen MR) is 86.8 cm³/mol. The fourth-order valence-corrected chi connectivity index (χ4v) is 2.23. The number of rotatable bonds is 5. The van der Waals surface area contributed by atoms with E-state index in [4.69, 9.17) is 0 Å². The number of benzene rings is 2. The van der Waals surface area contributed by atoms with E-state index in [1.165, 1.54) is 12.1 Å². The molecule has 0 aliphatic carbocycles. The van der Waals surface area contributed by atoms with Gasteiger partial charge in [0.15, 0.2) is 5.78 Å². The van der Waals surface area contributed by atoms with Gasteiger partial charge in [0, 0.05) is 23.3 Å². The summed E-state index contributed by atoms with van der Waals surface area (Å²) in [7, 11) is 0. The first-order valence-electron chi connectivity index (χ1n) is 7.09. The maximum atomic E-state index is 12.8. The monoisotopic (exact) mass is 295 g/mol. The zero-order chi connectivity index (χ0) is 16.1. The van der Waals surface area contributed by atoms with E-state index in [0.29, 0.717) is 16.7 Å². The van der Waals surface area contributed by atoms with E-state index >= 15 is 0 Å². The summed E-state index contributed by atoms with van der Waals surface area (Å²) < 4.78 is 0. The van der Waals surface area contributed by atoms with Gasteiger partial charge in [-0.3, -0.25) is 14.9 Å². The molecule has 2 aromatic rings. The molecule has 0 heterocycles. The third-order valence-corrected chi connectivity index (χ3v) is 3.59. The van der Waals surface area contributed by atoms with Crippen molar-refractivity contribution in [3.8, 4) is 0 Å². The summed E-state index contributed by atoms with van der Waals surface area (Å²) in [5.41, 5.74) is 2.91. The van der Waals surface area contributed by atoms with Crippen LogP contribution < -0.4 is 0 Å². The lowest BCUT2D eigenvalue weighted by Gasteiger charge is -2.11. The molecule has 0 aliphatic heterocycles. The molecule has 0 spiro atoms. The average Bonchev–Trinajstić information content (AvgIpc) is 2.56. The van der Waals surface area contributed by atoms with E-state index in [2.05, 4.69) is 0 Å². The molecule has 0 N–H and O–H groups in total. The highest BCUT2D eigenvalue weighted by atomic mass is 16.6. The number of ketones is 1. The number of nitro benzene ring substituents is 1. The lowest BCUT2D eigenvalue weighted by molar-refractivity contribution is -0.384. The van der Waals surface area contributed by atoms with Crippen molar-refractivity contribution in [2.75, 3.05) is 0 Å². The molecule has 0 bridgehead atoms. The number of nitrogens with zero attached hydrogens (tertiary/aromatic N) is 1.